The molecule has 2 aliphatic rings. The summed E-state index contributed by atoms with van der Waals surface area (Å²) in [6.45, 7) is 2.62. The third-order valence-electron chi connectivity index (χ3n) is 7.66. The number of benzene rings is 2. The highest BCUT2D eigenvalue weighted by atomic mass is 35.5. The predicted octanol–water partition coefficient (Wildman–Crippen LogP) is 5.79. The number of alkyl halides is 3. The van der Waals surface area contributed by atoms with Crippen LogP contribution < -0.4 is 4.74 Å². The second-order valence-corrected chi connectivity index (χ2v) is 11.1. The topological polar surface area (TPSA) is 107 Å². The maximum atomic E-state index is 14.6. The van der Waals surface area contributed by atoms with Gasteiger partial charge in [0.25, 0.3) is 0 Å². The van der Waals surface area contributed by atoms with Gasteiger partial charge in [0.15, 0.2) is 5.82 Å². The first kappa shape index (κ1) is 29.2. The summed E-state index contributed by atoms with van der Waals surface area (Å²) in [7, 11) is 1.54. The van der Waals surface area contributed by atoms with E-state index < -0.39 is 29.4 Å². The molecule has 3 aromatic rings. The lowest BCUT2D eigenvalue weighted by atomic mass is 9.93. The van der Waals surface area contributed by atoms with Crippen LogP contribution in [0, 0.1) is 12.8 Å². The van der Waals surface area contributed by atoms with Crippen LogP contribution in [0.2, 0.25) is 5.02 Å². The van der Waals surface area contributed by atoms with Crippen LogP contribution in [0.15, 0.2) is 36.4 Å². The van der Waals surface area contributed by atoms with Gasteiger partial charge in [-0.15, -0.1) is 10.2 Å². The number of rotatable bonds is 7. The van der Waals surface area contributed by atoms with Gasteiger partial charge < -0.3 is 19.5 Å². The summed E-state index contributed by atoms with van der Waals surface area (Å²) in [5.41, 5.74) is 2.21. The predicted molar refractivity (Wildman–Crippen MR) is 146 cm³/mol. The molecule has 1 amide bonds. The quantitative estimate of drug-likeness (QED) is 0.338. The van der Waals surface area contributed by atoms with Crippen molar-refractivity contribution in [3.05, 3.63) is 69.8 Å². The van der Waals surface area contributed by atoms with Gasteiger partial charge in [-0.3, -0.25) is 14.2 Å². The standard InChI is InChI=1S/C28H28Cl2F2N4O5/c1-15-18(4-3-5-21(15)40-2)25-19-13-17(29)6-7-20(19)36-26(33-34-27(36)28(30,31)32)22(41-25)14-23(37)35-10-8-16(9-11-35)12-24(38)39/h3-7,13,16,22,25H,8-12,14H2,1-2H3,(H,38,39). The van der Waals surface area contributed by atoms with Gasteiger partial charge in [-0.05, 0) is 72.7 Å². The summed E-state index contributed by atoms with van der Waals surface area (Å²) in [6, 6.07) is 10.2. The molecule has 1 N–H and O–H groups in total. The highest BCUT2D eigenvalue weighted by molar-refractivity contribution is 6.30. The van der Waals surface area contributed by atoms with Crippen LogP contribution in [0.5, 0.6) is 5.75 Å². The Morgan fingerprint density at radius 1 is 1.15 bits per heavy atom. The number of nitrogens with zero attached hydrogens (tertiary/aromatic N) is 4. The van der Waals surface area contributed by atoms with Gasteiger partial charge in [-0.2, -0.15) is 8.78 Å². The number of methoxy groups -OCH3 is 1. The van der Waals surface area contributed by atoms with Gasteiger partial charge in [-0.1, -0.05) is 23.7 Å². The molecule has 0 spiro atoms. The molecule has 2 aliphatic heterocycles. The SMILES string of the molecule is COc1cccc(C2OC(CC(=O)N3CCC(CC(=O)O)CC3)c3nnc(C(F)(F)Cl)n3-c3ccc(Cl)cc32)c1C. The Morgan fingerprint density at radius 3 is 2.54 bits per heavy atom. The fourth-order valence-corrected chi connectivity index (χ4v) is 5.90. The summed E-state index contributed by atoms with van der Waals surface area (Å²) < 4.78 is 42.5. The minimum Gasteiger partial charge on any atom is -0.496 e. The number of aromatic nitrogens is 3. The van der Waals surface area contributed by atoms with E-state index in [1.165, 1.54) is 0 Å². The molecule has 1 aromatic heterocycles. The molecule has 9 nitrogen and oxygen atoms in total. The van der Waals surface area contributed by atoms with Crippen LogP contribution >= 0.6 is 23.2 Å². The number of aliphatic carboxylic acids is 1. The summed E-state index contributed by atoms with van der Waals surface area (Å²) in [6.07, 6.45) is -0.973. The second kappa shape index (κ2) is 11.5. The molecule has 0 bridgehead atoms. The molecule has 2 aromatic carbocycles. The Balaban J connectivity index is 1.57. The van der Waals surface area contributed by atoms with Gasteiger partial charge >= 0.3 is 11.4 Å². The second-order valence-electron chi connectivity index (χ2n) is 10.2. The molecule has 13 heteroatoms. The van der Waals surface area contributed by atoms with E-state index in [0.29, 0.717) is 53.5 Å². The smallest absolute Gasteiger partial charge is 0.382 e. The maximum Gasteiger partial charge on any atom is 0.382 e. The molecule has 41 heavy (non-hydrogen) atoms. The lowest BCUT2D eigenvalue weighted by Gasteiger charge is -2.32. The first-order valence-electron chi connectivity index (χ1n) is 13.1. The van der Waals surface area contributed by atoms with Gasteiger partial charge in [-0.25, -0.2) is 0 Å². The summed E-state index contributed by atoms with van der Waals surface area (Å²) in [4.78, 5) is 26.3. The number of carbonyl (C=O) groups is 2. The van der Waals surface area contributed by atoms with Crippen molar-refractivity contribution in [2.45, 2.75) is 50.2 Å². The third-order valence-corrected chi connectivity index (χ3v) is 8.07. The molecule has 5 rings (SSSR count). The molecule has 3 heterocycles. The fraction of sp³-hybridized carbons (Fsp3) is 0.429. The zero-order valence-corrected chi connectivity index (χ0v) is 23.8. The summed E-state index contributed by atoms with van der Waals surface area (Å²) in [5, 5.41) is 13.3. The summed E-state index contributed by atoms with van der Waals surface area (Å²) in [5.74, 6) is -1.36. The molecule has 218 valence electrons. The highest BCUT2D eigenvalue weighted by Crippen LogP contribution is 2.45. The largest absolute Gasteiger partial charge is 0.496 e. The zero-order chi connectivity index (χ0) is 29.5. The van der Waals surface area contributed by atoms with Gasteiger partial charge in [0.05, 0.1) is 19.2 Å². The Labute approximate surface area is 245 Å². The molecule has 0 radical (unpaired) electrons. The zero-order valence-electron chi connectivity index (χ0n) is 22.3. The van der Waals surface area contributed by atoms with E-state index in [4.69, 9.17) is 37.8 Å². The Kier molecular flexibility index (Phi) is 8.22. The fourth-order valence-electron chi connectivity index (χ4n) is 5.60. The number of fused-ring (bicyclic) bond motifs is 3. The van der Waals surface area contributed by atoms with Crippen LogP contribution in [0.3, 0.4) is 0 Å². The van der Waals surface area contributed by atoms with Crippen molar-refractivity contribution < 1.29 is 33.0 Å². The van der Waals surface area contributed by atoms with E-state index in [-0.39, 0.29) is 30.5 Å². The molecule has 2 atom stereocenters. The van der Waals surface area contributed by atoms with Crippen LogP contribution in [-0.4, -0.2) is 56.8 Å². The van der Waals surface area contributed by atoms with Crippen molar-refractivity contribution in [3.8, 4) is 11.4 Å². The monoisotopic (exact) mass is 608 g/mol. The number of amides is 1. The summed E-state index contributed by atoms with van der Waals surface area (Å²) >= 11 is 11.9. The maximum absolute atomic E-state index is 14.6. The molecule has 2 unspecified atom stereocenters. The molecular weight excluding hydrogens is 581 g/mol. The Hall–Kier alpha value is -3.28. The first-order valence-corrected chi connectivity index (χ1v) is 13.8. The minimum absolute atomic E-state index is 0.000981. The number of ether oxygens (including phenoxy) is 2. The average Bonchev–Trinajstić information content (AvgIpc) is 3.32. The highest BCUT2D eigenvalue weighted by Gasteiger charge is 2.42. The Bertz CT molecular complexity index is 1470. The molecule has 0 saturated carbocycles. The van der Waals surface area contributed by atoms with Gasteiger partial charge in [0.2, 0.25) is 11.7 Å². The van der Waals surface area contributed by atoms with E-state index in [2.05, 4.69) is 10.2 Å². The average molecular weight is 609 g/mol. The van der Waals surface area contributed by atoms with Gasteiger partial charge in [0.1, 0.15) is 18.0 Å². The number of likely N-dealkylation sites (tertiary alicyclic amines) is 1. The van der Waals surface area contributed by atoms with Crippen molar-refractivity contribution in [1.82, 2.24) is 19.7 Å². The van der Waals surface area contributed by atoms with Crippen molar-refractivity contribution in [3.63, 3.8) is 0 Å². The normalized spacial score (nSPS) is 19.3. The molecule has 1 fully saturated rings. The lowest BCUT2D eigenvalue weighted by Crippen LogP contribution is -2.39. The van der Waals surface area contributed by atoms with E-state index in [1.54, 1.807) is 42.3 Å². The molecule has 1 saturated heterocycles. The van der Waals surface area contributed by atoms with Crippen LogP contribution in [0.1, 0.15) is 66.2 Å². The van der Waals surface area contributed by atoms with Crippen molar-refractivity contribution in [1.29, 1.82) is 0 Å². The van der Waals surface area contributed by atoms with Crippen molar-refractivity contribution in [2.24, 2.45) is 5.92 Å². The number of carboxylic acid groups (broad SMARTS) is 1. The Morgan fingerprint density at radius 2 is 1.88 bits per heavy atom. The van der Waals surface area contributed by atoms with Crippen molar-refractivity contribution >= 4 is 35.1 Å². The van der Waals surface area contributed by atoms with E-state index in [1.807, 2.05) is 13.0 Å². The van der Waals surface area contributed by atoms with Crippen molar-refractivity contribution in [2.75, 3.05) is 20.2 Å². The van der Waals surface area contributed by atoms with E-state index >= 15 is 0 Å². The molecule has 0 aliphatic carbocycles. The lowest BCUT2D eigenvalue weighted by molar-refractivity contribution is -0.139. The van der Waals surface area contributed by atoms with Crippen LogP contribution in [0.4, 0.5) is 8.78 Å². The number of halogens is 4. The van der Waals surface area contributed by atoms with Gasteiger partial charge in [0, 0.05) is 30.1 Å². The van der Waals surface area contributed by atoms with Crippen LogP contribution in [-0.2, 0) is 19.7 Å². The first-order chi connectivity index (χ1) is 19.5. The molecular formula is C28H28Cl2F2N4O5. The minimum atomic E-state index is -3.87. The number of carbonyl (C=O) groups excluding carboxylic acids is 1. The third kappa shape index (κ3) is 5.89. The van der Waals surface area contributed by atoms with Crippen LogP contribution in [0.25, 0.3) is 5.69 Å². The van der Waals surface area contributed by atoms with E-state index in [9.17, 15) is 18.4 Å². The number of carboxylic acids is 1. The number of hydrogen-bond donors (Lipinski definition) is 1. The number of piperidine rings is 1. The number of hydrogen-bond acceptors (Lipinski definition) is 6. The van der Waals surface area contributed by atoms with E-state index in [0.717, 1.165) is 10.1 Å².